The molecule has 8 nitrogen and oxygen atoms in total. The first-order valence-electron chi connectivity index (χ1n) is 13.0. The first kappa shape index (κ1) is 28.1. The lowest BCUT2D eigenvalue weighted by Gasteiger charge is -2.37. The number of benzene rings is 2. The van der Waals surface area contributed by atoms with Crippen molar-refractivity contribution in [3.05, 3.63) is 59.7 Å². The van der Waals surface area contributed by atoms with Crippen molar-refractivity contribution in [2.75, 3.05) is 26.7 Å². The zero-order valence-corrected chi connectivity index (χ0v) is 22.9. The molecule has 2 aliphatic rings. The van der Waals surface area contributed by atoms with Gasteiger partial charge in [-0.3, -0.25) is 4.79 Å². The normalized spacial score (nSPS) is 23.1. The maximum Gasteiger partial charge on any atom is 0.253 e. The van der Waals surface area contributed by atoms with E-state index < -0.39 is 27.8 Å². The minimum Gasteiger partial charge on any atom is -0.487 e. The Bertz CT molecular complexity index is 1310. The summed E-state index contributed by atoms with van der Waals surface area (Å²) in [6, 6.07) is 13.0. The molecule has 0 aromatic heterocycles. The Balaban J connectivity index is 1.71. The lowest BCUT2D eigenvalue weighted by molar-refractivity contribution is 0.0563. The fourth-order valence-electron chi connectivity index (χ4n) is 4.95. The number of ether oxygens (including phenoxy) is 1. The fraction of sp³-hybridized carbons (Fsp3) is 0.483. The smallest absolute Gasteiger partial charge is 0.253 e. The van der Waals surface area contributed by atoms with Crippen LogP contribution in [-0.4, -0.2) is 78.2 Å². The molecule has 0 saturated heterocycles. The molecule has 204 valence electrons. The molecule has 9 heteroatoms. The van der Waals surface area contributed by atoms with Crippen LogP contribution in [0.2, 0.25) is 0 Å². The first-order chi connectivity index (χ1) is 18.0. The van der Waals surface area contributed by atoms with Gasteiger partial charge in [0, 0.05) is 36.7 Å². The number of sulfonamides is 1. The van der Waals surface area contributed by atoms with Crippen molar-refractivity contribution in [1.29, 1.82) is 0 Å². The van der Waals surface area contributed by atoms with Gasteiger partial charge in [0.25, 0.3) is 5.91 Å². The van der Waals surface area contributed by atoms with E-state index in [-0.39, 0.29) is 42.2 Å². The summed E-state index contributed by atoms with van der Waals surface area (Å²) in [6.07, 6.45) is 2.54. The number of carbonyl (C=O) groups is 1. The molecule has 1 heterocycles. The summed E-state index contributed by atoms with van der Waals surface area (Å²) in [7, 11) is -2.29. The molecular formula is C29H36N2O6S. The molecule has 1 saturated carbocycles. The highest BCUT2D eigenvalue weighted by Crippen LogP contribution is 2.34. The van der Waals surface area contributed by atoms with Crippen LogP contribution >= 0.6 is 0 Å². The molecule has 2 aromatic carbocycles. The Kier molecular flexibility index (Phi) is 8.48. The van der Waals surface area contributed by atoms with Gasteiger partial charge >= 0.3 is 0 Å². The van der Waals surface area contributed by atoms with E-state index in [1.807, 2.05) is 13.0 Å². The average Bonchev–Trinajstić information content (AvgIpc) is 3.35. The van der Waals surface area contributed by atoms with E-state index in [0.29, 0.717) is 24.0 Å². The molecule has 0 radical (unpaired) electrons. The fourth-order valence-corrected chi connectivity index (χ4v) is 6.77. The molecule has 1 fully saturated rings. The highest BCUT2D eigenvalue weighted by atomic mass is 32.2. The predicted octanol–water partition coefficient (Wildman–Crippen LogP) is 2.88. The Morgan fingerprint density at radius 1 is 1.21 bits per heavy atom. The summed E-state index contributed by atoms with van der Waals surface area (Å²) in [5.74, 6) is 5.63. The highest BCUT2D eigenvalue weighted by Gasteiger charge is 2.38. The zero-order valence-electron chi connectivity index (χ0n) is 22.1. The lowest BCUT2D eigenvalue weighted by atomic mass is 10.0. The molecule has 2 N–H and O–H groups in total. The summed E-state index contributed by atoms with van der Waals surface area (Å²) < 4.78 is 35.0. The van der Waals surface area contributed by atoms with Gasteiger partial charge in [0.05, 0.1) is 13.2 Å². The van der Waals surface area contributed by atoms with Gasteiger partial charge in [-0.2, -0.15) is 4.31 Å². The molecule has 0 spiro atoms. The van der Waals surface area contributed by atoms with E-state index in [2.05, 4.69) is 11.8 Å². The van der Waals surface area contributed by atoms with Gasteiger partial charge in [-0.25, -0.2) is 8.42 Å². The molecule has 4 rings (SSSR count). The molecule has 0 unspecified atom stereocenters. The SMILES string of the molecule is C[C@H](CO)N1C[C@H](C)[C@H](CN(C)C(=O)c2ccccc2)Oc2cc(C#CC3(O)CCCC3)ccc2S1(=O)=O. The van der Waals surface area contributed by atoms with Crippen molar-refractivity contribution >= 4 is 15.9 Å². The summed E-state index contributed by atoms with van der Waals surface area (Å²) in [6.45, 7) is 3.56. The number of likely N-dealkylation sites (N-methyl/N-ethyl adjacent to an activating group) is 1. The Morgan fingerprint density at radius 2 is 1.89 bits per heavy atom. The Morgan fingerprint density at radius 3 is 2.55 bits per heavy atom. The van der Waals surface area contributed by atoms with Crippen LogP contribution in [0.5, 0.6) is 5.75 Å². The molecule has 0 bridgehead atoms. The van der Waals surface area contributed by atoms with E-state index in [4.69, 9.17) is 4.74 Å². The number of aliphatic hydroxyl groups excluding tert-OH is 1. The van der Waals surface area contributed by atoms with Crippen molar-refractivity contribution in [2.24, 2.45) is 5.92 Å². The molecule has 1 amide bonds. The highest BCUT2D eigenvalue weighted by molar-refractivity contribution is 7.89. The van der Waals surface area contributed by atoms with Crippen molar-refractivity contribution in [1.82, 2.24) is 9.21 Å². The summed E-state index contributed by atoms with van der Waals surface area (Å²) in [4.78, 5) is 14.6. The van der Waals surface area contributed by atoms with Gasteiger partial charge in [-0.05, 0) is 62.9 Å². The number of hydrogen-bond acceptors (Lipinski definition) is 6. The maximum absolute atomic E-state index is 13.7. The lowest BCUT2D eigenvalue weighted by Crippen LogP contribution is -2.50. The third kappa shape index (κ3) is 6.05. The standard InChI is InChI=1S/C29H36N2O6S/c1-21-18-31(22(2)20-32)38(35,36)27-12-11-23(13-16-29(34)14-7-8-15-29)17-25(27)37-26(21)19-30(3)28(33)24-9-5-4-6-10-24/h4-6,9-12,17,21-22,26,32,34H,7-8,14-15,18-20H2,1-3H3/t21-,22+,26-/m0/s1. The van der Waals surface area contributed by atoms with E-state index in [1.54, 1.807) is 55.3 Å². The van der Waals surface area contributed by atoms with Crippen molar-refractivity contribution < 1.29 is 28.2 Å². The van der Waals surface area contributed by atoms with Crippen LogP contribution in [0.25, 0.3) is 0 Å². The van der Waals surface area contributed by atoms with Gasteiger partial charge in [-0.15, -0.1) is 0 Å². The van der Waals surface area contributed by atoms with Crippen LogP contribution in [0.3, 0.4) is 0 Å². The first-order valence-corrected chi connectivity index (χ1v) is 14.5. The minimum atomic E-state index is -3.99. The number of nitrogens with zero attached hydrogens (tertiary/aromatic N) is 2. The third-order valence-electron chi connectivity index (χ3n) is 7.36. The second-order valence-electron chi connectivity index (χ2n) is 10.4. The quantitative estimate of drug-likeness (QED) is 0.565. The summed E-state index contributed by atoms with van der Waals surface area (Å²) in [5.41, 5.74) is 0.0541. The largest absolute Gasteiger partial charge is 0.487 e. The Labute approximate surface area is 225 Å². The van der Waals surface area contributed by atoms with Crippen LogP contribution in [0.15, 0.2) is 53.4 Å². The third-order valence-corrected chi connectivity index (χ3v) is 9.38. The second kappa shape index (κ2) is 11.5. The predicted molar refractivity (Wildman–Crippen MR) is 144 cm³/mol. The average molecular weight is 541 g/mol. The minimum absolute atomic E-state index is 0.0168. The van der Waals surface area contributed by atoms with E-state index in [1.165, 1.54) is 10.4 Å². The van der Waals surface area contributed by atoms with Gasteiger partial charge in [0.15, 0.2) is 0 Å². The molecular weight excluding hydrogens is 504 g/mol. The molecule has 38 heavy (non-hydrogen) atoms. The van der Waals surface area contributed by atoms with Crippen LogP contribution in [-0.2, 0) is 10.0 Å². The molecule has 1 aliphatic carbocycles. The zero-order chi connectivity index (χ0) is 27.5. The molecule has 1 aliphatic heterocycles. The van der Waals surface area contributed by atoms with Crippen molar-refractivity contribution in [3.63, 3.8) is 0 Å². The van der Waals surface area contributed by atoms with Gasteiger partial charge in [0.1, 0.15) is 22.4 Å². The van der Waals surface area contributed by atoms with Crippen LogP contribution in [0, 0.1) is 17.8 Å². The number of amides is 1. The maximum atomic E-state index is 13.7. The number of aliphatic hydroxyl groups is 2. The Hall–Kier alpha value is -2.90. The van der Waals surface area contributed by atoms with Crippen molar-refractivity contribution in [3.8, 4) is 17.6 Å². The topological polar surface area (TPSA) is 107 Å². The second-order valence-corrected chi connectivity index (χ2v) is 12.3. The van der Waals surface area contributed by atoms with Gasteiger partial charge in [0.2, 0.25) is 10.0 Å². The monoisotopic (exact) mass is 540 g/mol. The summed E-state index contributed by atoms with van der Waals surface area (Å²) >= 11 is 0. The van der Waals surface area contributed by atoms with Crippen molar-refractivity contribution in [2.45, 2.75) is 62.2 Å². The number of rotatable bonds is 5. The number of carbonyl (C=O) groups excluding carboxylic acids is 1. The number of hydrogen-bond donors (Lipinski definition) is 2. The van der Waals surface area contributed by atoms with E-state index >= 15 is 0 Å². The summed E-state index contributed by atoms with van der Waals surface area (Å²) in [5, 5.41) is 20.5. The van der Waals surface area contributed by atoms with Gasteiger partial charge < -0.3 is 19.8 Å². The number of fused-ring (bicyclic) bond motifs is 1. The van der Waals surface area contributed by atoms with Crippen LogP contribution in [0.1, 0.15) is 55.5 Å². The molecule has 2 aromatic rings. The van der Waals surface area contributed by atoms with Crippen LogP contribution < -0.4 is 4.74 Å². The van der Waals surface area contributed by atoms with E-state index in [9.17, 15) is 23.4 Å². The van der Waals surface area contributed by atoms with Crippen LogP contribution in [0.4, 0.5) is 0 Å². The molecule has 3 atom stereocenters. The van der Waals surface area contributed by atoms with E-state index in [0.717, 1.165) is 12.8 Å². The van der Waals surface area contributed by atoms with Gasteiger partial charge in [-0.1, -0.05) is 37.0 Å².